The average Bonchev–Trinajstić information content (AvgIpc) is 2.25. The summed E-state index contributed by atoms with van der Waals surface area (Å²) in [5.74, 6) is -0.0156. The summed E-state index contributed by atoms with van der Waals surface area (Å²) in [5.41, 5.74) is 0.179. The van der Waals surface area contributed by atoms with Crippen LogP contribution in [-0.4, -0.2) is 30.1 Å². The fourth-order valence-corrected chi connectivity index (χ4v) is 1.23. The molecule has 4 nitrogen and oxygen atoms in total. The van der Waals surface area contributed by atoms with Crippen molar-refractivity contribution < 1.29 is 19.4 Å². The summed E-state index contributed by atoms with van der Waals surface area (Å²) in [5, 5.41) is 9.47. The minimum atomic E-state index is -0.986. The van der Waals surface area contributed by atoms with Crippen LogP contribution in [0.3, 0.4) is 0 Å². The van der Waals surface area contributed by atoms with E-state index in [9.17, 15) is 4.79 Å². The first-order valence-electron chi connectivity index (χ1n) is 4.29. The second kappa shape index (κ2) is 5.60. The van der Waals surface area contributed by atoms with Crippen LogP contribution in [-0.2, 0) is 0 Å². The topological polar surface area (TPSA) is 55.8 Å². The van der Waals surface area contributed by atoms with Crippen molar-refractivity contribution in [1.29, 1.82) is 0 Å². The van der Waals surface area contributed by atoms with Gasteiger partial charge in [-0.05, 0) is 18.2 Å². The Balaban J connectivity index is 2.93. The first-order chi connectivity index (χ1) is 7.19. The maximum absolute atomic E-state index is 10.7. The third-order valence-electron chi connectivity index (χ3n) is 1.75. The summed E-state index contributed by atoms with van der Waals surface area (Å²) in [6, 6.07) is 4.51. The highest BCUT2D eigenvalue weighted by atomic mass is 79.9. The minimum Gasteiger partial charge on any atom is -0.493 e. The lowest BCUT2D eigenvalue weighted by molar-refractivity contribution is 0.0696. The van der Waals surface area contributed by atoms with Gasteiger partial charge in [-0.2, -0.15) is 0 Å². The SMILES string of the molecule is COc1cc(C(=O)O)ccc1OCCBr. The number of methoxy groups -OCH3 is 1. The van der Waals surface area contributed by atoms with Gasteiger partial charge in [-0.3, -0.25) is 0 Å². The number of benzene rings is 1. The molecule has 0 aliphatic heterocycles. The van der Waals surface area contributed by atoms with Crippen LogP contribution in [0.5, 0.6) is 11.5 Å². The van der Waals surface area contributed by atoms with E-state index in [1.54, 1.807) is 6.07 Å². The fourth-order valence-electron chi connectivity index (χ4n) is 1.07. The van der Waals surface area contributed by atoms with Gasteiger partial charge < -0.3 is 14.6 Å². The number of alkyl halides is 1. The van der Waals surface area contributed by atoms with Gasteiger partial charge in [0.1, 0.15) is 0 Å². The van der Waals surface area contributed by atoms with Crippen molar-refractivity contribution in [2.24, 2.45) is 0 Å². The maximum Gasteiger partial charge on any atom is 0.335 e. The molecule has 0 spiro atoms. The zero-order chi connectivity index (χ0) is 11.3. The molecule has 0 unspecified atom stereocenters. The molecular formula is C10H11BrO4. The molecule has 1 aromatic rings. The number of carboxylic acid groups (broad SMARTS) is 1. The first-order valence-corrected chi connectivity index (χ1v) is 5.41. The van der Waals surface area contributed by atoms with Gasteiger partial charge in [-0.15, -0.1) is 0 Å². The molecule has 1 aromatic carbocycles. The van der Waals surface area contributed by atoms with E-state index in [0.717, 1.165) is 0 Å². The van der Waals surface area contributed by atoms with E-state index in [4.69, 9.17) is 14.6 Å². The monoisotopic (exact) mass is 274 g/mol. The van der Waals surface area contributed by atoms with E-state index in [1.165, 1.54) is 19.2 Å². The predicted octanol–water partition coefficient (Wildman–Crippen LogP) is 2.17. The minimum absolute atomic E-state index is 0.179. The molecule has 15 heavy (non-hydrogen) atoms. The van der Waals surface area contributed by atoms with Crippen molar-refractivity contribution in [3.63, 3.8) is 0 Å². The van der Waals surface area contributed by atoms with E-state index in [0.29, 0.717) is 23.4 Å². The molecule has 1 N–H and O–H groups in total. The van der Waals surface area contributed by atoms with Crippen LogP contribution in [0.25, 0.3) is 0 Å². The molecule has 0 amide bonds. The van der Waals surface area contributed by atoms with Crippen molar-refractivity contribution in [2.75, 3.05) is 19.0 Å². The van der Waals surface area contributed by atoms with Gasteiger partial charge >= 0.3 is 5.97 Å². The Morgan fingerprint density at radius 1 is 1.47 bits per heavy atom. The quantitative estimate of drug-likeness (QED) is 0.837. The summed E-state index contributed by atoms with van der Waals surface area (Å²) in [6.45, 7) is 0.503. The number of rotatable bonds is 5. The molecule has 0 bridgehead atoms. The second-order valence-corrected chi connectivity index (χ2v) is 3.50. The molecule has 82 valence electrons. The Hall–Kier alpha value is -1.23. The molecule has 0 atom stereocenters. The van der Waals surface area contributed by atoms with E-state index in [-0.39, 0.29) is 5.56 Å². The molecule has 0 radical (unpaired) electrons. The second-order valence-electron chi connectivity index (χ2n) is 2.71. The normalized spacial score (nSPS) is 9.73. The lowest BCUT2D eigenvalue weighted by atomic mass is 10.2. The summed E-state index contributed by atoms with van der Waals surface area (Å²) in [6.07, 6.45) is 0. The van der Waals surface area contributed by atoms with Crippen molar-refractivity contribution >= 4 is 21.9 Å². The van der Waals surface area contributed by atoms with Gasteiger partial charge in [0.15, 0.2) is 11.5 Å². The summed E-state index contributed by atoms with van der Waals surface area (Å²) in [7, 11) is 1.47. The number of hydrogen-bond acceptors (Lipinski definition) is 3. The molecule has 0 saturated carbocycles. The van der Waals surface area contributed by atoms with Crippen LogP contribution in [0.1, 0.15) is 10.4 Å². The zero-order valence-electron chi connectivity index (χ0n) is 8.20. The average molecular weight is 275 g/mol. The lowest BCUT2D eigenvalue weighted by Gasteiger charge is -2.09. The Morgan fingerprint density at radius 3 is 2.73 bits per heavy atom. The highest BCUT2D eigenvalue weighted by Crippen LogP contribution is 2.28. The zero-order valence-corrected chi connectivity index (χ0v) is 9.78. The highest BCUT2D eigenvalue weighted by molar-refractivity contribution is 9.09. The molecule has 0 fully saturated rings. The van der Waals surface area contributed by atoms with Gasteiger partial charge in [0, 0.05) is 5.33 Å². The number of aromatic carboxylic acids is 1. The van der Waals surface area contributed by atoms with Gasteiger partial charge in [0.05, 0.1) is 19.3 Å². The standard InChI is InChI=1S/C10H11BrO4/c1-14-9-6-7(10(12)13)2-3-8(9)15-5-4-11/h2-3,6H,4-5H2,1H3,(H,12,13). The summed E-state index contributed by atoms with van der Waals surface area (Å²) in [4.78, 5) is 10.7. The Kier molecular flexibility index (Phi) is 4.42. The van der Waals surface area contributed by atoms with Crippen LogP contribution < -0.4 is 9.47 Å². The van der Waals surface area contributed by atoms with Crippen LogP contribution in [0.15, 0.2) is 18.2 Å². The molecule has 0 aliphatic rings. The smallest absolute Gasteiger partial charge is 0.335 e. The molecule has 1 rings (SSSR count). The van der Waals surface area contributed by atoms with Crippen molar-refractivity contribution in [2.45, 2.75) is 0 Å². The van der Waals surface area contributed by atoms with E-state index >= 15 is 0 Å². The Morgan fingerprint density at radius 2 is 2.20 bits per heavy atom. The molecule has 5 heteroatoms. The fraction of sp³-hybridized carbons (Fsp3) is 0.300. The van der Waals surface area contributed by atoms with Gasteiger partial charge in [-0.25, -0.2) is 4.79 Å². The summed E-state index contributed by atoms with van der Waals surface area (Å²) >= 11 is 3.23. The van der Waals surface area contributed by atoms with Crippen molar-refractivity contribution in [3.8, 4) is 11.5 Å². The molecule has 0 saturated heterocycles. The van der Waals surface area contributed by atoms with Gasteiger partial charge in [0.2, 0.25) is 0 Å². The molecular weight excluding hydrogens is 264 g/mol. The third kappa shape index (κ3) is 3.13. The maximum atomic E-state index is 10.7. The molecule has 0 aromatic heterocycles. The molecule has 0 heterocycles. The molecule has 0 aliphatic carbocycles. The summed E-state index contributed by atoms with van der Waals surface area (Å²) < 4.78 is 10.4. The Bertz CT molecular complexity index is 351. The third-order valence-corrected chi connectivity index (χ3v) is 2.07. The largest absolute Gasteiger partial charge is 0.493 e. The highest BCUT2D eigenvalue weighted by Gasteiger charge is 2.09. The first kappa shape index (κ1) is 11.8. The number of carbonyl (C=O) groups is 1. The van der Waals surface area contributed by atoms with Crippen LogP contribution in [0.4, 0.5) is 0 Å². The number of halogens is 1. The Labute approximate surface area is 95.9 Å². The predicted molar refractivity (Wildman–Crippen MR) is 59.2 cm³/mol. The number of hydrogen-bond donors (Lipinski definition) is 1. The van der Waals surface area contributed by atoms with Crippen LogP contribution in [0, 0.1) is 0 Å². The number of carboxylic acids is 1. The van der Waals surface area contributed by atoms with Crippen LogP contribution >= 0.6 is 15.9 Å². The van der Waals surface area contributed by atoms with E-state index in [2.05, 4.69) is 15.9 Å². The van der Waals surface area contributed by atoms with Gasteiger partial charge in [0.25, 0.3) is 0 Å². The van der Waals surface area contributed by atoms with Crippen molar-refractivity contribution in [1.82, 2.24) is 0 Å². The lowest BCUT2D eigenvalue weighted by Crippen LogP contribution is -2.02. The van der Waals surface area contributed by atoms with Gasteiger partial charge in [-0.1, -0.05) is 15.9 Å². The number of ether oxygens (including phenoxy) is 2. The van der Waals surface area contributed by atoms with Crippen molar-refractivity contribution in [3.05, 3.63) is 23.8 Å². The van der Waals surface area contributed by atoms with E-state index in [1.807, 2.05) is 0 Å². The van der Waals surface area contributed by atoms with Crippen LogP contribution in [0.2, 0.25) is 0 Å². The van der Waals surface area contributed by atoms with E-state index < -0.39 is 5.97 Å².